The smallest absolute Gasteiger partial charge is 0.175 e. The van der Waals surface area contributed by atoms with E-state index in [1.807, 2.05) is 0 Å². The van der Waals surface area contributed by atoms with Gasteiger partial charge in [-0.15, -0.1) is 0 Å². The van der Waals surface area contributed by atoms with E-state index in [0.717, 1.165) is 0 Å². The second-order valence-corrected chi connectivity index (χ2v) is 6.70. The predicted molar refractivity (Wildman–Crippen MR) is 83.5 cm³/mol. The predicted octanol–water partition coefficient (Wildman–Crippen LogP) is 4.64. The molecule has 0 radical (unpaired) electrons. The van der Waals surface area contributed by atoms with Gasteiger partial charge in [0.05, 0.1) is 26.6 Å². The number of Topliss-reactive ketones (excluding diaryl/α,β-unsaturated/α-hetero) is 1. The van der Waals surface area contributed by atoms with Crippen LogP contribution in [0.5, 0.6) is 0 Å². The summed E-state index contributed by atoms with van der Waals surface area (Å²) in [5.74, 6) is -0.364. The number of hydrogen-bond acceptors (Lipinski definition) is 2. The van der Waals surface area contributed by atoms with Crippen LogP contribution in [-0.2, 0) is 10.8 Å². The minimum Gasteiger partial charge on any atom is -0.293 e. The van der Waals surface area contributed by atoms with Gasteiger partial charge in [0.1, 0.15) is 0 Å². The van der Waals surface area contributed by atoms with E-state index >= 15 is 0 Å². The maximum absolute atomic E-state index is 12.1. The average Bonchev–Trinajstić information content (AvgIpc) is 2.42. The lowest BCUT2D eigenvalue weighted by molar-refractivity contribution is 0.102. The molecular formula is C14H9Cl3O2S. The van der Waals surface area contributed by atoms with Crippen molar-refractivity contribution in [2.24, 2.45) is 0 Å². The topological polar surface area (TPSA) is 34.1 Å². The monoisotopic (exact) mass is 346 g/mol. The molecule has 2 aromatic rings. The largest absolute Gasteiger partial charge is 0.293 e. The lowest BCUT2D eigenvalue weighted by Gasteiger charge is -2.04. The highest BCUT2D eigenvalue weighted by molar-refractivity contribution is 7.85. The Bertz CT molecular complexity index is 669. The number of halogens is 3. The van der Waals surface area contributed by atoms with E-state index in [9.17, 15) is 9.00 Å². The van der Waals surface area contributed by atoms with Crippen molar-refractivity contribution in [2.75, 3.05) is 5.75 Å². The van der Waals surface area contributed by atoms with Crippen molar-refractivity contribution in [3.8, 4) is 0 Å². The quantitative estimate of drug-likeness (QED) is 0.755. The van der Waals surface area contributed by atoms with Gasteiger partial charge in [0, 0.05) is 15.5 Å². The molecule has 0 amide bonds. The van der Waals surface area contributed by atoms with E-state index in [4.69, 9.17) is 34.8 Å². The summed E-state index contributed by atoms with van der Waals surface area (Å²) >= 11 is 17.4. The Morgan fingerprint density at radius 1 is 0.950 bits per heavy atom. The van der Waals surface area contributed by atoms with E-state index in [1.165, 1.54) is 6.07 Å². The molecule has 0 bridgehead atoms. The van der Waals surface area contributed by atoms with Gasteiger partial charge in [0.15, 0.2) is 5.78 Å². The Kier molecular flexibility index (Phi) is 5.22. The first-order valence-electron chi connectivity index (χ1n) is 5.59. The Balaban J connectivity index is 2.13. The third-order valence-electron chi connectivity index (χ3n) is 2.58. The first-order chi connectivity index (χ1) is 9.47. The van der Waals surface area contributed by atoms with Crippen molar-refractivity contribution in [2.45, 2.75) is 4.90 Å². The maximum atomic E-state index is 12.1. The van der Waals surface area contributed by atoms with Crippen LogP contribution in [0.1, 0.15) is 10.4 Å². The fraction of sp³-hybridized carbons (Fsp3) is 0.0714. The summed E-state index contributed by atoms with van der Waals surface area (Å²) in [7, 11) is -1.42. The second kappa shape index (κ2) is 6.72. The zero-order valence-corrected chi connectivity index (χ0v) is 13.2. The highest BCUT2D eigenvalue weighted by Crippen LogP contribution is 2.23. The maximum Gasteiger partial charge on any atom is 0.175 e. The molecule has 1 unspecified atom stereocenters. The van der Waals surface area contributed by atoms with E-state index < -0.39 is 10.8 Å². The molecule has 20 heavy (non-hydrogen) atoms. The SMILES string of the molecule is O=C(CS(=O)c1ccc(Cl)cc1)c1ccc(Cl)c(Cl)c1. The third kappa shape index (κ3) is 3.83. The molecule has 0 spiro atoms. The number of carbonyl (C=O) groups excluding carboxylic acids is 1. The van der Waals surface area contributed by atoms with Crippen molar-refractivity contribution in [3.63, 3.8) is 0 Å². The Morgan fingerprint density at radius 2 is 1.60 bits per heavy atom. The lowest BCUT2D eigenvalue weighted by Crippen LogP contribution is -2.11. The zero-order chi connectivity index (χ0) is 14.7. The van der Waals surface area contributed by atoms with Crippen LogP contribution in [-0.4, -0.2) is 15.7 Å². The Hall–Kier alpha value is -0.870. The fourth-order valence-electron chi connectivity index (χ4n) is 1.54. The molecule has 2 nitrogen and oxygen atoms in total. The molecule has 0 N–H and O–H groups in total. The number of benzene rings is 2. The van der Waals surface area contributed by atoms with Gasteiger partial charge < -0.3 is 0 Å². The van der Waals surface area contributed by atoms with Crippen molar-refractivity contribution in [3.05, 3.63) is 63.1 Å². The first kappa shape index (κ1) is 15.5. The van der Waals surface area contributed by atoms with Crippen molar-refractivity contribution in [1.29, 1.82) is 0 Å². The fourth-order valence-corrected chi connectivity index (χ4v) is 2.98. The molecule has 1 atom stereocenters. The molecule has 0 fully saturated rings. The zero-order valence-electron chi connectivity index (χ0n) is 10.1. The molecule has 0 aliphatic carbocycles. The summed E-state index contributed by atoms with van der Waals surface area (Å²) in [5, 5.41) is 1.23. The number of carbonyl (C=O) groups is 1. The molecule has 0 saturated heterocycles. The highest BCUT2D eigenvalue weighted by Gasteiger charge is 2.13. The molecule has 104 valence electrons. The van der Waals surface area contributed by atoms with Crippen LogP contribution in [0.15, 0.2) is 47.4 Å². The number of ketones is 1. The van der Waals surface area contributed by atoms with Gasteiger partial charge in [-0.1, -0.05) is 34.8 Å². The molecule has 2 aromatic carbocycles. The number of rotatable bonds is 4. The van der Waals surface area contributed by atoms with Crippen LogP contribution in [0, 0.1) is 0 Å². The van der Waals surface area contributed by atoms with Crippen molar-refractivity contribution >= 4 is 51.4 Å². The molecule has 0 heterocycles. The first-order valence-corrected chi connectivity index (χ1v) is 8.05. The van der Waals surface area contributed by atoms with Crippen LogP contribution in [0.3, 0.4) is 0 Å². The summed E-state index contributed by atoms with van der Waals surface area (Å²) in [5.41, 5.74) is 0.390. The summed E-state index contributed by atoms with van der Waals surface area (Å²) in [6.07, 6.45) is 0. The Morgan fingerprint density at radius 3 is 2.20 bits per heavy atom. The molecule has 0 aliphatic rings. The average molecular weight is 348 g/mol. The van der Waals surface area contributed by atoms with E-state index in [2.05, 4.69) is 0 Å². The molecule has 0 aromatic heterocycles. The van der Waals surface area contributed by atoms with Gasteiger partial charge in [-0.3, -0.25) is 9.00 Å². The van der Waals surface area contributed by atoms with Crippen molar-refractivity contribution in [1.82, 2.24) is 0 Å². The summed E-state index contributed by atoms with van der Waals surface area (Å²) in [6.45, 7) is 0. The van der Waals surface area contributed by atoms with Gasteiger partial charge in [-0.2, -0.15) is 0 Å². The van der Waals surface area contributed by atoms with Crippen molar-refractivity contribution < 1.29 is 9.00 Å². The third-order valence-corrected chi connectivity index (χ3v) is 4.89. The van der Waals surface area contributed by atoms with Gasteiger partial charge in [-0.25, -0.2) is 0 Å². The van der Waals surface area contributed by atoms with Gasteiger partial charge in [0.25, 0.3) is 0 Å². The van der Waals surface area contributed by atoms with E-state index in [0.29, 0.717) is 25.5 Å². The minimum atomic E-state index is -1.42. The second-order valence-electron chi connectivity index (χ2n) is 4.00. The van der Waals surface area contributed by atoms with Crippen LogP contribution in [0.2, 0.25) is 15.1 Å². The highest BCUT2D eigenvalue weighted by atomic mass is 35.5. The summed E-state index contributed by atoms with van der Waals surface area (Å²) in [6, 6.07) is 11.1. The Labute approximate surface area is 134 Å². The number of hydrogen-bond donors (Lipinski definition) is 0. The van der Waals surface area contributed by atoms with Crippen LogP contribution in [0.25, 0.3) is 0 Å². The molecule has 6 heteroatoms. The lowest BCUT2D eigenvalue weighted by atomic mass is 10.1. The summed E-state index contributed by atoms with van der Waals surface area (Å²) < 4.78 is 12.1. The van der Waals surface area contributed by atoms with Crippen LogP contribution in [0.4, 0.5) is 0 Å². The van der Waals surface area contributed by atoms with Gasteiger partial charge in [-0.05, 0) is 42.5 Å². The molecular weight excluding hydrogens is 339 g/mol. The van der Waals surface area contributed by atoms with Crippen LogP contribution < -0.4 is 0 Å². The normalized spacial score (nSPS) is 12.2. The van der Waals surface area contributed by atoms with E-state index in [-0.39, 0.29) is 11.5 Å². The van der Waals surface area contributed by atoms with E-state index in [1.54, 1.807) is 36.4 Å². The molecule has 0 saturated carbocycles. The molecule has 2 rings (SSSR count). The minimum absolute atomic E-state index is 0.112. The van der Waals surface area contributed by atoms with Crippen LogP contribution >= 0.6 is 34.8 Å². The standard InChI is InChI=1S/C14H9Cl3O2S/c15-10-2-4-11(5-3-10)20(19)8-14(18)9-1-6-12(16)13(17)7-9/h1-7H,8H2. The van der Waals surface area contributed by atoms with Gasteiger partial charge >= 0.3 is 0 Å². The molecule has 0 aliphatic heterocycles. The summed E-state index contributed by atoms with van der Waals surface area (Å²) in [4.78, 5) is 12.6. The van der Waals surface area contributed by atoms with Gasteiger partial charge in [0.2, 0.25) is 0 Å².